The Hall–Kier alpha value is -0.870. The van der Waals surface area contributed by atoms with Crippen molar-refractivity contribution in [1.82, 2.24) is 15.3 Å². The fraction of sp³-hybridized carbons (Fsp3) is 0.769. The number of hydrogen-bond donors (Lipinski definition) is 3. The monoisotopic (exact) mass is 239 g/mol. The minimum atomic E-state index is 0.0000128. The maximum atomic E-state index is 9.53. The molecule has 4 heteroatoms. The molecule has 0 aliphatic rings. The summed E-state index contributed by atoms with van der Waals surface area (Å²) in [5, 5.41) is 13.0. The molecule has 1 unspecified atom stereocenters. The molecule has 0 aliphatic heterocycles. The highest BCUT2D eigenvalue weighted by Gasteiger charge is 2.26. The van der Waals surface area contributed by atoms with Gasteiger partial charge in [-0.15, -0.1) is 0 Å². The topological polar surface area (TPSA) is 60.9 Å². The van der Waals surface area contributed by atoms with Gasteiger partial charge in [-0.3, -0.25) is 0 Å². The van der Waals surface area contributed by atoms with Gasteiger partial charge >= 0.3 is 0 Å². The van der Waals surface area contributed by atoms with Crippen molar-refractivity contribution in [3.05, 3.63) is 18.2 Å². The fourth-order valence-electron chi connectivity index (χ4n) is 2.02. The lowest BCUT2D eigenvalue weighted by Crippen LogP contribution is -2.38. The van der Waals surface area contributed by atoms with Crippen LogP contribution in [0.4, 0.5) is 0 Å². The number of hydrogen-bond acceptors (Lipinski definition) is 3. The number of nitrogens with one attached hydrogen (secondary N) is 2. The Morgan fingerprint density at radius 2 is 2.12 bits per heavy atom. The van der Waals surface area contributed by atoms with Crippen molar-refractivity contribution in [3.8, 4) is 0 Å². The molecule has 0 amide bonds. The molecule has 0 saturated heterocycles. The number of aliphatic hydroxyl groups is 1. The number of aliphatic hydroxyl groups excluding tert-OH is 1. The molecule has 1 heterocycles. The van der Waals surface area contributed by atoms with Gasteiger partial charge in [-0.25, -0.2) is 4.98 Å². The predicted octanol–water partition coefficient (Wildman–Crippen LogP) is 2.25. The summed E-state index contributed by atoms with van der Waals surface area (Å²) in [6, 6.07) is 0.244. The molecular formula is C13H25N3O. The zero-order chi connectivity index (χ0) is 12.7. The molecule has 0 saturated carbocycles. The van der Waals surface area contributed by atoms with E-state index in [1.54, 1.807) is 6.20 Å². The van der Waals surface area contributed by atoms with Crippen LogP contribution in [0.15, 0.2) is 12.4 Å². The first kappa shape index (κ1) is 14.2. The molecule has 1 aromatic heterocycles. The maximum Gasteiger partial charge on any atom is 0.123 e. The third kappa shape index (κ3) is 3.54. The van der Waals surface area contributed by atoms with Crippen LogP contribution < -0.4 is 5.32 Å². The summed E-state index contributed by atoms with van der Waals surface area (Å²) >= 11 is 0. The van der Waals surface area contributed by atoms with Crippen LogP contribution in [0.25, 0.3) is 0 Å². The minimum absolute atomic E-state index is 0.0000128. The summed E-state index contributed by atoms with van der Waals surface area (Å²) in [4.78, 5) is 7.43. The highest BCUT2D eigenvalue weighted by Crippen LogP contribution is 2.26. The van der Waals surface area contributed by atoms with Crippen LogP contribution in [0.3, 0.4) is 0 Å². The molecule has 0 aliphatic carbocycles. The van der Waals surface area contributed by atoms with Crippen molar-refractivity contribution in [2.75, 3.05) is 13.2 Å². The van der Waals surface area contributed by atoms with Gasteiger partial charge in [0, 0.05) is 31.0 Å². The van der Waals surface area contributed by atoms with Crippen molar-refractivity contribution < 1.29 is 5.11 Å². The van der Waals surface area contributed by atoms with E-state index in [4.69, 9.17) is 0 Å². The maximum absolute atomic E-state index is 9.53. The van der Waals surface area contributed by atoms with E-state index < -0.39 is 0 Å². The van der Waals surface area contributed by atoms with Crippen molar-refractivity contribution in [2.45, 2.75) is 46.1 Å². The summed E-state index contributed by atoms with van der Waals surface area (Å²) in [6.45, 7) is 7.47. The molecule has 0 radical (unpaired) electrons. The zero-order valence-electron chi connectivity index (χ0n) is 11.2. The molecule has 17 heavy (non-hydrogen) atoms. The number of aromatic nitrogens is 2. The average Bonchev–Trinajstić information content (AvgIpc) is 2.89. The molecular weight excluding hydrogens is 214 g/mol. The van der Waals surface area contributed by atoms with Gasteiger partial charge in [0.15, 0.2) is 0 Å². The van der Waals surface area contributed by atoms with E-state index in [1.165, 1.54) is 0 Å². The van der Waals surface area contributed by atoms with E-state index in [9.17, 15) is 5.11 Å². The van der Waals surface area contributed by atoms with E-state index in [2.05, 4.69) is 36.1 Å². The van der Waals surface area contributed by atoms with Gasteiger partial charge < -0.3 is 15.4 Å². The lowest BCUT2D eigenvalue weighted by molar-refractivity contribution is 0.109. The third-order valence-corrected chi connectivity index (χ3v) is 3.82. The van der Waals surface area contributed by atoms with Gasteiger partial charge in [0.1, 0.15) is 5.82 Å². The number of aromatic amines is 1. The Kier molecular flexibility index (Phi) is 5.65. The SMILES string of the molecule is CCC(NCC(CC)(CC)CO)c1ncc[nH]1. The lowest BCUT2D eigenvalue weighted by atomic mass is 9.83. The second-order valence-corrected chi connectivity index (χ2v) is 4.68. The normalized spacial score (nSPS) is 13.9. The van der Waals surface area contributed by atoms with Crippen molar-refractivity contribution in [3.63, 3.8) is 0 Å². The molecule has 0 spiro atoms. The first-order valence-corrected chi connectivity index (χ1v) is 6.54. The van der Waals surface area contributed by atoms with Gasteiger partial charge in [0.2, 0.25) is 0 Å². The summed E-state index contributed by atoms with van der Waals surface area (Å²) in [6.07, 6.45) is 6.59. The highest BCUT2D eigenvalue weighted by molar-refractivity contribution is 4.96. The first-order chi connectivity index (χ1) is 8.21. The van der Waals surface area contributed by atoms with E-state index in [-0.39, 0.29) is 18.1 Å². The van der Waals surface area contributed by atoms with Crippen molar-refractivity contribution >= 4 is 0 Å². The Morgan fingerprint density at radius 1 is 1.41 bits per heavy atom. The molecule has 3 N–H and O–H groups in total. The van der Waals surface area contributed by atoms with Crippen LogP contribution in [0.2, 0.25) is 0 Å². The number of rotatable bonds is 8. The van der Waals surface area contributed by atoms with E-state index in [0.29, 0.717) is 0 Å². The van der Waals surface area contributed by atoms with Gasteiger partial charge in [0.25, 0.3) is 0 Å². The third-order valence-electron chi connectivity index (χ3n) is 3.82. The standard InChI is InChI=1S/C13H25N3O/c1-4-11(12-14-7-8-15-12)16-9-13(5-2,6-3)10-17/h7-8,11,16-17H,4-6,9-10H2,1-3H3,(H,14,15). The molecule has 0 fully saturated rings. The zero-order valence-corrected chi connectivity index (χ0v) is 11.2. The van der Waals surface area contributed by atoms with Gasteiger partial charge in [-0.1, -0.05) is 20.8 Å². The Balaban J connectivity index is 2.58. The van der Waals surface area contributed by atoms with Gasteiger partial charge in [-0.2, -0.15) is 0 Å². The lowest BCUT2D eigenvalue weighted by Gasteiger charge is -2.31. The number of H-pyrrole nitrogens is 1. The molecule has 1 aromatic rings. The summed E-state index contributed by atoms with van der Waals surface area (Å²) in [5.41, 5.74) is 0.0000128. The molecule has 0 aromatic carbocycles. The smallest absolute Gasteiger partial charge is 0.123 e. The molecule has 1 atom stereocenters. The van der Waals surface area contributed by atoms with Crippen LogP contribution in [0.1, 0.15) is 51.9 Å². The number of nitrogens with zero attached hydrogens (tertiary/aromatic N) is 1. The van der Waals surface area contributed by atoms with Crippen LogP contribution in [0.5, 0.6) is 0 Å². The highest BCUT2D eigenvalue weighted by atomic mass is 16.3. The molecule has 0 bridgehead atoms. The van der Waals surface area contributed by atoms with Gasteiger partial charge in [0.05, 0.1) is 6.04 Å². The Bertz CT molecular complexity index is 285. The Labute approximate surface area is 104 Å². The van der Waals surface area contributed by atoms with Crippen LogP contribution in [0, 0.1) is 5.41 Å². The largest absolute Gasteiger partial charge is 0.396 e. The van der Waals surface area contributed by atoms with Crippen LogP contribution >= 0.6 is 0 Å². The number of imidazole rings is 1. The average molecular weight is 239 g/mol. The predicted molar refractivity (Wildman–Crippen MR) is 69.7 cm³/mol. The summed E-state index contributed by atoms with van der Waals surface area (Å²) in [7, 11) is 0. The Morgan fingerprint density at radius 3 is 2.53 bits per heavy atom. The van der Waals surface area contributed by atoms with Crippen molar-refractivity contribution in [2.24, 2.45) is 5.41 Å². The van der Waals surface area contributed by atoms with Gasteiger partial charge in [-0.05, 0) is 19.3 Å². The summed E-state index contributed by atoms with van der Waals surface area (Å²) < 4.78 is 0. The minimum Gasteiger partial charge on any atom is -0.396 e. The van der Waals surface area contributed by atoms with E-state index >= 15 is 0 Å². The van der Waals surface area contributed by atoms with E-state index in [0.717, 1.165) is 31.6 Å². The van der Waals surface area contributed by atoms with Crippen molar-refractivity contribution in [1.29, 1.82) is 0 Å². The fourth-order valence-corrected chi connectivity index (χ4v) is 2.02. The quantitative estimate of drug-likeness (QED) is 0.652. The molecule has 98 valence electrons. The first-order valence-electron chi connectivity index (χ1n) is 6.54. The van der Waals surface area contributed by atoms with Crippen LogP contribution in [-0.4, -0.2) is 28.2 Å². The summed E-state index contributed by atoms with van der Waals surface area (Å²) in [5.74, 6) is 0.978. The molecule has 1 rings (SSSR count). The van der Waals surface area contributed by atoms with E-state index in [1.807, 2.05) is 6.20 Å². The second kappa shape index (κ2) is 6.77. The second-order valence-electron chi connectivity index (χ2n) is 4.68. The molecule has 4 nitrogen and oxygen atoms in total. The van der Waals surface area contributed by atoms with Crippen LogP contribution in [-0.2, 0) is 0 Å².